The molecule has 2 aliphatic heterocycles. The summed E-state index contributed by atoms with van der Waals surface area (Å²) in [6.07, 6.45) is 4.37. The number of carbonyl (C=O) groups is 2. The molecule has 0 aliphatic carbocycles. The summed E-state index contributed by atoms with van der Waals surface area (Å²) < 4.78 is 0. The van der Waals surface area contributed by atoms with E-state index in [1.807, 2.05) is 35.7 Å². The highest BCUT2D eigenvalue weighted by atomic mass is 32.1. The third kappa shape index (κ3) is 4.16. The van der Waals surface area contributed by atoms with Crippen molar-refractivity contribution in [2.45, 2.75) is 19.3 Å². The first-order valence-electron chi connectivity index (χ1n) is 10.5. The molecule has 2 aliphatic rings. The van der Waals surface area contributed by atoms with Crippen LogP contribution in [0.25, 0.3) is 11.4 Å². The minimum atomic E-state index is -0.395. The SMILES string of the molecule is O=C(Nc1nc(-c2ccccn2)cs1)C1CC(=O)N(c2ccc(N3CCCC3)cc2)C1. The van der Waals surface area contributed by atoms with Crippen LogP contribution >= 0.6 is 11.3 Å². The molecular weight excluding hydrogens is 410 g/mol. The first-order chi connectivity index (χ1) is 15.2. The van der Waals surface area contributed by atoms with Crippen molar-refractivity contribution in [1.29, 1.82) is 0 Å². The molecular formula is C23H23N5O2S. The number of thiazole rings is 1. The molecule has 8 heteroatoms. The fraction of sp³-hybridized carbons (Fsp3) is 0.304. The Bertz CT molecular complexity index is 1080. The minimum absolute atomic E-state index is 0.0256. The molecule has 31 heavy (non-hydrogen) atoms. The minimum Gasteiger partial charge on any atom is -0.372 e. The van der Waals surface area contributed by atoms with Crippen molar-refractivity contribution >= 4 is 39.7 Å². The molecule has 2 amide bonds. The van der Waals surface area contributed by atoms with Gasteiger partial charge in [0, 0.05) is 49.0 Å². The first kappa shape index (κ1) is 19.7. The Balaban J connectivity index is 1.22. The van der Waals surface area contributed by atoms with Gasteiger partial charge in [-0.25, -0.2) is 4.98 Å². The van der Waals surface area contributed by atoms with E-state index in [0.717, 1.165) is 30.2 Å². The largest absolute Gasteiger partial charge is 0.372 e. The second-order valence-electron chi connectivity index (χ2n) is 7.86. The Labute approximate surface area is 184 Å². The van der Waals surface area contributed by atoms with Crippen LogP contribution in [0.5, 0.6) is 0 Å². The van der Waals surface area contributed by atoms with E-state index >= 15 is 0 Å². The zero-order valence-corrected chi connectivity index (χ0v) is 17.8. The summed E-state index contributed by atoms with van der Waals surface area (Å²) in [6, 6.07) is 13.7. The maximum Gasteiger partial charge on any atom is 0.231 e. The normalized spacial score (nSPS) is 18.6. The summed E-state index contributed by atoms with van der Waals surface area (Å²) in [4.78, 5) is 38.2. The molecule has 2 fully saturated rings. The van der Waals surface area contributed by atoms with E-state index in [1.54, 1.807) is 11.1 Å². The van der Waals surface area contributed by atoms with Crippen molar-refractivity contribution in [2.24, 2.45) is 5.92 Å². The molecule has 1 unspecified atom stereocenters. The summed E-state index contributed by atoms with van der Waals surface area (Å²) in [6.45, 7) is 2.55. The number of nitrogens with one attached hydrogen (secondary N) is 1. The lowest BCUT2D eigenvalue weighted by molar-refractivity contribution is -0.122. The molecule has 5 rings (SSSR count). The molecule has 1 N–H and O–H groups in total. The Hall–Kier alpha value is -3.26. The molecule has 7 nitrogen and oxygen atoms in total. The van der Waals surface area contributed by atoms with Crippen LogP contribution in [-0.4, -0.2) is 41.4 Å². The number of hydrogen-bond acceptors (Lipinski definition) is 6. The molecule has 0 spiro atoms. The highest BCUT2D eigenvalue weighted by molar-refractivity contribution is 7.14. The van der Waals surface area contributed by atoms with E-state index in [1.165, 1.54) is 29.9 Å². The van der Waals surface area contributed by atoms with Crippen molar-refractivity contribution in [3.8, 4) is 11.4 Å². The predicted molar refractivity (Wildman–Crippen MR) is 122 cm³/mol. The van der Waals surface area contributed by atoms with Crippen LogP contribution in [0.3, 0.4) is 0 Å². The number of rotatable bonds is 5. The summed E-state index contributed by atoms with van der Waals surface area (Å²) in [5.41, 5.74) is 3.52. The van der Waals surface area contributed by atoms with Gasteiger partial charge in [-0.3, -0.25) is 14.6 Å². The maximum atomic E-state index is 12.8. The zero-order chi connectivity index (χ0) is 21.2. The Kier molecular flexibility index (Phi) is 5.38. The van der Waals surface area contributed by atoms with E-state index in [2.05, 4.69) is 32.3 Å². The van der Waals surface area contributed by atoms with Crippen LogP contribution in [0, 0.1) is 5.92 Å². The highest BCUT2D eigenvalue weighted by Crippen LogP contribution is 2.30. The van der Waals surface area contributed by atoms with Gasteiger partial charge in [0.05, 0.1) is 11.6 Å². The number of anilines is 3. The van der Waals surface area contributed by atoms with Crippen molar-refractivity contribution in [2.75, 3.05) is 34.8 Å². The monoisotopic (exact) mass is 433 g/mol. The molecule has 2 saturated heterocycles. The van der Waals surface area contributed by atoms with Crippen LogP contribution in [0.2, 0.25) is 0 Å². The molecule has 2 aromatic heterocycles. The standard InChI is InChI=1S/C23H23N5O2S/c29-21-13-16(14-28(21)18-8-6-17(7-9-18)27-11-3-4-12-27)22(30)26-23-25-20(15-31-23)19-5-1-2-10-24-19/h1-2,5-10,15-16H,3-4,11-14H2,(H,25,26,30). The van der Waals surface area contributed by atoms with Crippen LogP contribution in [0.1, 0.15) is 19.3 Å². The lowest BCUT2D eigenvalue weighted by Gasteiger charge is -2.20. The van der Waals surface area contributed by atoms with Crippen LogP contribution in [0.4, 0.5) is 16.5 Å². The topological polar surface area (TPSA) is 78.4 Å². The van der Waals surface area contributed by atoms with Crippen LogP contribution in [-0.2, 0) is 9.59 Å². The van der Waals surface area contributed by atoms with Gasteiger partial charge in [-0.1, -0.05) is 6.07 Å². The quantitative estimate of drug-likeness (QED) is 0.662. The number of nitrogens with zero attached hydrogens (tertiary/aromatic N) is 4. The van der Waals surface area contributed by atoms with Gasteiger partial charge < -0.3 is 15.1 Å². The molecule has 0 radical (unpaired) electrons. The van der Waals surface area contributed by atoms with Gasteiger partial charge in [-0.05, 0) is 49.2 Å². The highest BCUT2D eigenvalue weighted by Gasteiger charge is 2.35. The van der Waals surface area contributed by atoms with Crippen molar-refractivity contribution in [3.05, 3.63) is 54.0 Å². The molecule has 4 heterocycles. The maximum absolute atomic E-state index is 12.8. The lowest BCUT2D eigenvalue weighted by atomic mass is 10.1. The van der Waals surface area contributed by atoms with E-state index in [-0.39, 0.29) is 18.2 Å². The molecule has 158 valence electrons. The molecule has 1 aromatic carbocycles. The van der Waals surface area contributed by atoms with E-state index < -0.39 is 5.92 Å². The molecule has 0 bridgehead atoms. The van der Waals surface area contributed by atoms with E-state index in [0.29, 0.717) is 11.7 Å². The summed E-state index contributed by atoms with van der Waals surface area (Å²) in [7, 11) is 0. The summed E-state index contributed by atoms with van der Waals surface area (Å²) in [5.74, 6) is -0.596. The average molecular weight is 434 g/mol. The molecule has 0 saturated carbocycles. The Morgan fingerprint density at radius 1 is 1.03 bits per heavy atom. The summed E-state index contributed by atoms with van der Waals surface area (Å²) in [5, 5.41) is 5.25. The second kappa shape index (κ2) is 8.47. The number of pyridine rings is 1. The van der Waals surface area contributed by atoms with Gasteiger partial charge in [-0.2, -0.15) is 0 Å². The number of hydrogen-bond donors (Lipinski definition) is 1. The molecule has 1 atom stereocenters. The third-order valence-electron chi connectivity index (χ3n) is 5.79. The van der Waals surface area contributed by atoms with Gasteiger partial charge in [0.2, 0.25) is 11.8 Å². The van der Waals surface area contributed by atoms with Crippen molar-refractivity contribution < 1.29 is 9.59 Å². The zero-order valence-electron chi connectivity index (χ0n) is 17.0. The van der Waals surface area contributed by atoms with Gasteiger partial charge in [-0.15, -0.1) is 11.3 Å². The van der Waals surface area contributed by atoms with E-state index in [4.69, 9.17) is 0 Å². The van der Waals surface area contributed by atoms with Crippen LogP contribution < -0.4 is 15.1 Å². The van der Waals surface area contributed by atoms with E-state index in [9.17, 15) is 9.59 Å². The number of benzene rings is 1. The second-order valence-corrected chi connectivity index (χ2v) is 8.72. The first-order valence-corrected chi connectivity index (χ1v) is 11.4. The van der Waals surface area contributed by atoms with Crippen molar-refractivity contribution in [1.82, 2.24) is 9.97 Å². The predicted octanol–water partition coefficient (Wildman–Crippen LogP) is 3.80. The third-order valence-corrected chi connectivity index (χ3v) is 6.55. The summed E-state index contributed by atoms with van der Waals surface area (Å²) >= 11 is 1.36. The fourth-order valence-corrected chi connectivity index (χ4v) is 4.83. The van der Waals surface area contributed by atoms with Gasteiger partial charge in [0.1, 0.15) is 5.69 Å². The van der Waals surface area contributed by atoms with Gasteiger partial charge in [0.15, 0.2) is 5.13 Å². The van der Waals surface area contributed by atoms with Crippen molar-refractivity contribution in [3.63, 3.8) is 0 Å². The Morgan fingerprint density at radius 2 is 1.81 bits per heavy atom. The lowest BCUT2D eigenvalue weighted by Crippen LogP contribution is -2.28. The smallest absolute Gasteiger partial charge is 0.231 e. The van der Waals surface area contributed by atoms with Crippen LogP contribution in [0.15, 0.2) is 54.0 Å². The average Bonchev–Trinajstić information content (AvgIpc) is 3.56. The molecule has 3 aromatic rings. The number of aromatic nitrogens is 2. The Morgan fingerprint density at radius 3 is 2.55 bits per heavy atom. The number of amides is 2. The van der Waals surface area contributed by atoms with Gasteiger partial charge >= 0.3 is 0 Å². The van der Waals surface area contributed by atoms with Gasteiger partial charge in [0.25, 0.3) is 0 Å². The number of carbonyl (C=O) groups excluding carboxylic acids is 2. The fourth-order valence-electron chi connectivity index (χ4n) is 4.12.